The lowest BCUT2D eigenvalue weighted by Crippen LogP contribution is -2.44. The van der Waals surface area contributed by atoms with Crippen LogP contribution in [-0.4, -0.2) is 45.8 Å². The average molecular weight is 402 g/mol. The molecule has 1 aromatic carbocycles. The molecule has 2 aliphatic heterocycles. The van der Waals surface area contributed by atoms with Gasteiger partial charge < -0.3 is 10.0 Å². The van der Waals surface area contributed by atoms with Crippen LogP contribution in [0.1, 0.15) is 45.6 Å². The van der Waals surface area contributed by atoms with Crippen molar-refractivity contribution in [1.29, 1.82) is 0 Å². The van der Waals surface area contributed by atoms with Crippen molar-refractivity contribution in [3.63, 3.8) is 0 Å². The lowest BCUT2D eigenvalue weighted by atomic mass is 9.97. The van der Waals surface area contributed by atoms with E-state index in [2.05, 4.69) is 10.2 Å². The Hall–Kier alpha value is -2.61. The van der Waals surface area contributed by atoms with Crippen molar-refractivity contribution < 1.29 is 14.7 Å². The number of fused-ring (bicyclic) bond motifs is 1. The number of piperidine rings is 2. The Morgan fingerprint density at radius 2 is 1.79 bits per heavy atom. The first kappa shape index (κ1) is 21.1. The van der Waals surface area contributed by atoms with Gasteiger partial charge in [-0.25, -0.2) is 4.79 Å². The Bertz CT molecular complexity index is 953. The highest BCUT2D eigenvalue weighted by atomic mass is 16.3. The monoisotopic (exact) mass is 402 g/mol. The van der Waals surface area contributed by atoms with Gasteiger partial charge in [-0.1, -0.05) is 19.9 Å². The molecule has 0 spiro atoms. The van der Waals surface area contributed by atoms with E-state index in [9.17, 15) is 19.5 Å². The summed E-state index contributed by atoms with van der Waals surface area (Å²) < 4.78 is 3.10. The van der Waals surface area contributed by atoms with E-state index in [1.807, 2.05) is 32.0 Å². The predicted molar refractivity (Wildman–Crippen MR) is 112 cm³/mol. The number of anilines is 1. The molecule has 4 rings (SSSR count). The molecule has 2 amide bonds. The van der Waals surface area contributed by atoms with Crippen molar-refractivity contribution >= 4 is 28.5 Å². The fourth-order valence-corrected chi connectivity index (χ4v) is 4.26. The van der Waals surface area contributed by atoms with Crippen LogP contribution in [0.25, 0.3) is 11.0 Å². The summed E-state index contributed by atoms with van der Waals surface area (Å²) in [5, 5.41) is 11.7. The number of hydrogen-bond donors (Lipinski definition) is 2. The van der Waals surface area contributed by atoms with E-state index in [-0.39, 0.29) is 24.6 Å². The number of carbonyl (C=O) groups excluding carboxylic acids is 2. The van der Waals surface area contributed by atoms with Crippen LogP contribution >= 0.6 is 0 Å². The Morgan fingerprint density at radius 1 is 1.10 bits per heavy atom. The molecular weight excluding hydrogens is 372 g/mol. The van der Waals surface area contributed by atoms with Crippen molar-refractivity contribution in [2.24, 2.45) is 13.0 Å². The van der Waals surface area contributed by atoms with E-state index in [0.29, 0.717) is 17.9 Å². The van der Waals surface area contributed by atoms with E-state index in [0.717, 1.165) is 37.1 Å². The Labute approximate surface area is 170 Å². The average Bonchev–Trinajstić information content (AvgIpc) is 3.00. The number of nitrogens with zero attached hydrogens (tertiary/aromatic N) is 3. The standard InChI is InChI=1S/C19H24N4O4.C2H6/c1-21-17-13(22-9-7-12(11-24)8-10-22)3-2-4-14(17)23(19(21)27)15-5-6-16(25)20-18(15)26;1-2/h2-4,12,15,24H,5-11H2,1H3,(H,20,25,26);1-2H3. The van der Waals surface area contributed by atoms with E-state index < -0.39 is 11.9 Å². The van der Waals surface area contributed by atoms with E-state index in [1.54, 1.807) is 11.6 Å². The fraction of sp³-hybridized carbons (Fsp3) is 0.571. The summed E-state index contributed by atoms with van der Waals surface area (Å²) in [6.07, 6.45) is 2.38. The summed E-state index contributed by atoms with van der Waals surface area (Å²) in [5.74, 6) is -0.385. The molecule has 2 saturated heterocycles. The second-order valence-corrected chi connectivity index (χ2v) is 7.44. The third kappa shape index (κ3) is 3.81. The number of nitrogens with one attached hydrogen (secondary N) is 1. The van der Waals surface area contributed by atoms with Gasteiger partial charge in [0.15, 0.2) is 0 Å². The molecule has 2 aromatic rings. The third-order valence-corrected chi connectivity index (χ3v) is 5.82. The minimum Gasteiger partial charge on any atom is -0.396 e. The normalized spacial score (nSPS) is 20.4. The number of carbonyl (C=O) groups is 2. The molecule has 29 heavy (non-hydrogen) atoms. The summed E-state index contributed by atoms with van der Waals surface area (Å²) in [4.78, 5) is 39.0. The maximum atomic E-state index is 13.0. The number of rotatable bonds is 3. The van der Waals surface area contributed by atoms with Gasteiger partial charge in [-0.2, -0.15) is 0 Å². The second-order valence-electron chi connectivity index (χ2n) is 7.44. The summed E-state index contributed by atoms with van der Waals surface area (Å²) in [7, 11) is 1.72. The summed E-state index contributed by atoms with van der Waals surface area (Å²) in [6.45, 7) is 5.85. The third-order valence-electron chi connectivity index (χ3n) is 5.82. The van der Waals surface area contributed by atoms with Crippen molar-refractivity contribution in [3.8, 4) is 0 Å². The quantitative estimate of drug-likeness (QED) is 0.760. The van der Waals surface area contributed by atoms with Crippen molar-refractivity contribution in [2.75, 3.05) is 24.6 Å². The smallest absolute Gasteiger partial charge is 0.329 e. The molecule has 2 fully saturated rings. The number of para-hydroxylation sites is 1. The lowest BCUT2D eigenvalue weighted by Gasteiger charge is -2.33. The molecule has 158 valence electrons. The zero-order valence-corrected chi connectivity index (χ0v) is 17.4. The number of imide groups is 1. The van der Waals surface area contributed by atoms with Crippen LogP contribution < -0.4 is 15.9 Å². The molecule has 0 bridgehead atoms. The minimum atomic E-state index is -0.672. The Balaban J connectivity index is 0.00000117. The van der Waals surface area contributed by atoms with Gasteiger partial charge >= 0.3 is 5.69 Å². The number of aliphatic hydroxyl groups is 1. The van der Waals surface area contributed by atoms with Gasteiger partial charge in [0, 0.05) is 33.2 Å². The first-order valence-electron chi connectivity index (χ1n) is 10.4. The van der Waals surface area contributed by atoms with Crippen LogP contribution in [0.5, 0.6) is 0 Å². The van der Waals surface area contributed by atoms with Crippen molar-refractivity contribution in [3.05, 3.63) is 28.7 Å². The number of amides is 2. The molecule has 3 heterocycles. The molecule has 0 aliphatic carbocycles. The molecule has 1 atom stereocenters. The molecule has 2 aliphatic rings. The fourth-order valence-electron chi connectivity index (χ4n) is 4.26. The molecule has 0 saturated carbocycles. The number of aromatic nitrogens is 2. The Morgan fingerprint density at radius 3 is 2.41 bits per heavy atom. The highest BCUT2D eigenvalue weighted by Crippen LogP contribution is 2.31. The van der Waals surface area contributed by atoms with Gasteiger partial charge in [0.1, 0.15) is 6.04 Å². The number of imidazole rings is 1. The van der Waals surface area contributed by atoms with Gasteiger partial charge in [-0.15, -0.1) is 0 Å². The first-order valence-corrected chi connectivity index (χ1v) is 10.4. The van der Waals surface area contributed by atoms with Crippen LogP contribution in [0, 0.1) is 5.92 Å². The molecule has 1 unspecified atom stereocenters. The van der Waals surface area contributed by atoms with Gasteiger partial charge in [-0.3, -0.25) is 24.0 Å². The number of aryl methyl sites for hydroxylation is 1. The van der Waals surface area contributed by atoms with Gasteiger partial charge in [0.25, 0.3) is 0 Å². The minimum absolute atomic E-state index is 0.211. The molecular formula is C21H30N4O4. The summed E-state index contributed by atoms with van der Waals surface area (Å²) in [6, 6.07) is 5.08. The van der Waals surface area contributed by atoms with Crippen LogP contribution in [0.2, 0.25) is 0 Å². The van der Waals surface area contributed by atoms with Gasteiger partial charge in [-0.05, 0) is 37.3 Å². The SMILES string of the molecule is CC.Cn1c(=O)n(C2CCC(=O)NC2=O)c2cccc(N3CCC(CO)CC3)c21. The highest BCUT2D eigenvalue weighted by Gasteiger charge is 2.32. The van der Waals surface area contributed by atoms with Crippen molar-refractivity contribution in [2.45, 2.75) is 45.6 Å². The van der Waals surface area contributed by atoms with Gasteiger partial charge in [0.05, 0.1) is 16.7 Å². The number of benzene rings is 1. The second kappa shape index (κ2) is 8.82. The molecule has 2 N–H and O–H groups in total. The highest BCUT2D eigenvalue weighted by molar-refractivity contribution is 6.00. The molecule has 8 heteroatoms. The Kier molecular flexibility index (Phi) is 6.42. The topological polar surface area (TPSA) is 96.6 Å². The number of aliphatic hydroxyl groups excluding tert-OH is 1. The van der Waals surface area contributed by atoms with Crippen molar-refractivity contribution in [1.82, 2.24) is 14.5 Å². The van der Waals surface area contributed by atoms with E-state index in [1.165, 1.54) is 4.57 Å². The van der Waals surface area contributed by atoms with Crippen LogP contribution in [-0.2, 0) is 16.6 Å². The van der Waals surface area contributed by atoms with Crippen LogP contribution in [0.15, 0.2) is 23.0 Å². The maximum absolute atomic E-state index is 13.0. The van der Waals surface area contributed by atoms with Gasteiger partial charge in [0.2, 0.25) is 11.8 Å². The van der Waals surface area contributed by atoms with Crippen LogP contribution in [0.4, 0.5) is 5.69 Å². The zero-order chi connectivity index (χ0) is 21.1. The largest absolute Gasteiger partial charge is 0.396 e. The molecule has 1 aromatic heterocycles. The lowest BCUT2D eigenvalue weighted by molar-refractivity contribution is -0.135. The molecule has 8 nitrogen and oxygen atoms in total. The van der Waals surface area contributed by atoms with Crippen LogP contribution in [0.3, 0.4) is 0 Å². The number of hydrogen-bond acceptors (Lipinski definition) is 5. The summed E-state index contributed by atoms with van der Waals surface area (Å²) >= 11 is 0. The first-order chi connectivity index (χ1) is 14.0. The summed E-state index contributed by atoms with van der Waals surface area (Å²) in [5.41, 5.74) is 2.22. The van der Waals surface area contributed by atoms with E-state index >= 15 is 0 Å². The molecule has 0 radical (unpaired) electrons. The zero-order valence-electron chi connectivity index (χ0n) is 17.4. The van der Waals surface area contributed by atoms with E-state index in [4.69, 9.17) is 0 Å². The predicted octanol–water partition coefficient (Wildman–Crippen LogP) is 1.55. The maximum Gasteiger partial charge on any atom is 0.329 e.